The van der Waals surface area contributed by atoms with Crippen molar-refractivity contribution < 1.29 is 18.0 Å². The maximum Gasteiger partial charge on any atom is 0.391 e. The van der Waals surface area contributed by atoms with Crippen molar-refractivity contribution in [1.82, 2.24) is 0 Å². The van der Waals surface area contributed by atoms with Crippen molar-refractivity contribution in [2.75, 3.05) is 11.1 Å². The van der Waals surface area contributed by atoms with E-state index < -0.39 is 18.6 Å². The SMILES string of the molecule is CC(=O)c1sc(NC(C)CC(F)(F)F)c(C2CC2)c1N. The molecule has 0 bridgehead atoms. The van der Waals surface area contributed by atoms with Crippen molar-refractivity contribution in [3.05, 3.63) is 10.4 Å². The van der Waals surface area contributed by atoms with E-state index in [4.69, 9.17) is 5.73 Å². The molecule has 1 aromatic heterocycles. The normalized spacial score (nSPS) is 17.1. The Kier molecular flexibility index (Phi) is 4.00. The molecule has 0 amide bonds. The fourth-order valence-corrected chi connectivity index (χ4v) is 3.44. The van der Waals surface area contributed by atoms with Crippen LogP contribution in [0.25, 0.3) is 0 Å². The third-order valence-electron chi connectivity index (χ3n) is 3.20. The molecule has 3 nitrogen and oxygen atoms in total. The van der Waals surface area contributed by atoms with Crippen molar-refractivity contribution in [3.8, 4) is 0 Å². The average molecular weight is 306 g/mol. The molecule has 1 aliphatic carbocycles. The fraction of sp³-hybridized carbons (Fsp3) is 0.615. The highest BCUT2D eigenvalue weighted by Crippen LogP contribution is 2.51. The van der Waals surface area contributed by atoms with Crippen LogP contribution in [0.5, 0.6) is 0 Å². The largest absolute Gasteiger partial charge is 0.397 e. The second-order valence-corrected chi connectivity index (χ2v) is 6.30. The molecule has 1 saturated carbocycles. The Hall–Kier alpha value is -1.24. The summed E-state index contributed by atoms with van der Waals surface area (Å²) in [4.78, 5) is 12.0. The molecule has 1 heterocycles. The lowest BCUT2D eigenvalue weighted by atomic mass is 10.1. The van der Waals surface area contributed by atoms with Gasteiger partial charge in [0.1, 0.15) is 0 Å². The third kappa shape index (κ3) is 3.45. The predicted molar refractivity (Wildman–Crippen MR) is 74.5 cm³/mol. The first-order chi connectivity index (χ1) is 9.19. The van der Waals surface area contributed by atoms with Gasteiger partial charge in [0, 0.05) is 18.5 Å². The lowest BCUT2D eigenvalue weighted by Crippen LogP contribution is -2.23. The number of Topliss-reactive ketones (excluding diaryl/α,β-unsaturated/α-hetero) is 1. The summed E-state index contributed by atoms with van der Waals surface area (Å²) >= 11 is 1.16. The molecule has 1 atom stereocenters. The number of anilines is 2. The monoisotopic (exact) mass is 306 g/mol. The molecule has 0 aromatic carbocycles. The molecule has 1 unspecified atom stereocenters. The summed E-state index contributed by atoms with van der Waals surface area (Å²) in [5.74, 6) is 0.130. The number of carbonyl (C=O) groups excluding carboxylic acids is 1. The molecule has 0 saturated heterocycles. The van der Waals surface area contributed by atoms with Gasteiger partial charge in [-0.25, -0.2) is 0 Å². The van der Waals surface area contributed by atoms with Crippen molar-refractivity contribution in [3.63, 3.8) is 0 Å². The van der Waals surface area contributed by atoms with Gasteiger partial charge in [0.05, 0.1) is 22.0 Å². The number of hydrogen-bond acceptors (Lipinski definition) is 4. The number of carbonyl (C=O) groups is 1. The molecule has 2 rings (SSSR count). The second kappa shape index (κ2) is 5.27. The Morgan fingerprint density at radius 3 is 2.55 bits per heavy atom. The zero-order chi connectivity index (χ0) is 15.1. The Bertz CT molecular complexity index is 520. The van der Waals surface area contributed by atoms with E-state index in [1.54, 1.807) is 0 Å². The van der Waals surface area contributed by atoms with Crippen LogP contribution in [-0.2, 0) is 0 Å². The standard InChI is InChI=1S/C13H17F3N2OS/c1-6(5-13(14,15)16)18-12-9(8-3-4-8)10(17)11(20-12)7(2)19/h6,8,18H,3-5,17H2,1-2H3. The van der Waals surface area contributed by atoms with Gasteiger partial charge in [0.2, 0.25) is 0 Å². The van der Waals surface area contributed by atoms with Gasteiger partial charge in [0.25, 0.3) is 0 Å². The van der Waals surface area contributed by atoms with Gasteiger partial charge in [-0.05, 0) is 25.7 Å². The molecule has 0 radical (unpaired) electrons. The zero-order valence-corrected chi connectivity index (χ0v) is 12.1. The van der Waals surface area contributed by atoms with Gasteiger partial charge in [0.15, 0.2) is 5.78 Å². The number of nitrogens with one attached hydrogen (secondary N) is 1. The van der Waals surface area contributed by atoms with Crippen LogP contribution in [0, 0.1) is 0 Å². The summed E-state index contributed by atoms with van der Waals surface area (Å²) in [5.41, 5.74) is 7.24. The summed E-state index contributed by atoms with van der Waals surface area (Å²) in [5, 5.41) is 3.49. The number of thiophene rings is 1. The summed E-state index contributed by atoms with van der Waals surface area (Å²) in [6.45, 7) is 2.90. The molecule has 0 spiro atoms. The van der Waals surface area contributed by atoms with Crippen LogP contribution in [-0.4, -0.2) is 18.0 Å². The van der Waals surface area contributed by atoms with Crippen LogP contribution in [0.3, 0.4) is 0 Å². The van der Waals surface area contributed by atoms with Gasteiger partial charge >= 0.3 is 6.18 Å². The van der Waals surface area contributed by atoms with Gasteiger partial charge < -0.3 is 11.1 Å². The highest BCUT2D eigenvalue weighted by molar-refractivity contribution is 7.18. The smallest absolute Gasteiger partial charge is 0.391 e. The summed E-state index contributed by atoms with van der Waals surface area (Å²) in [7, 11) is 0. The summed E-state index contributed by atoms with van der Waals surface area (Å²) < 4.78 is 37.1. The molecule has 112 valence electrons. The topological polar surface area (TPSA) is 55.1 Å². The first-order valence-corrected chi connectivity index (χ1v) is 7.27. The number of alkyl halides is 3. The highest BCUT2D eigenvalue weighted by Gasteiger charge is 2.34. The minimum atomic E-state index is -4.21. The maximum absolute atomic E-state index is 12.4. The number of halogens is 3. The Balaban J connectivity index is 2.22. The third-order valence-corrected chi connectivity index (χ3v) is 4.46. The van der Waals surface area contributed by atoms with Crippen molar-refractivity contribution in [2.24, 2.45) is 0 Å². The predicted octanol–water partition coefficient (Wildman–Crippen LogP) is 4.16. The average Bonchev–Trinajstić information content (AvgIpc) is 3.02. The van der Waals surface area contributed by atoms with E-state index in [0.29, 0.717) is 15.6 Å². The maximum atomic E-state index is 12.4. The van der Waals surface area contributed by atoms with Crippen LogP contribution >= 0.6 is 11.3 Å². The highest BCUT2D eigenvalue weighted by atomic mass is 32.1. The molecule has 1 fully saturated rings. The van der Waals surface area contributed by atoms with Gasteiger partial charge in [-0.3, -0.25) is 4.79 Å². The van der Waals surface area contributed by atoms with E-state index >= 15 is 0 Å². The van der Waals surface area contributed by atoms with Crippen molar-refractivity contribution in [2.45, 2.75) is 51.2 Å². The molecule has 3 N–H and O–H groups in total. The summed E-state index contributed by atoms with van der Waals surface area (Å²) in [6, 6.07) is -0.745. The Labute approximate surface area is 119 Å². The number of nitrogens with two attached hydrogens (primary N) is 1. The quantitative estimate of drug-likeness (QED) is 0.803. The van der Waals surface area contributed by atoms with Crippen LogP contribution in [0.1, 0.15) is 54.3 Å². The van der Waals surface area contributed by atoms with E-state index in [-0.39, 0.29) is 11.7 Å². The molecule has 1 aliphatic rings. The van der Waals surface area contributed by atoms with Crippen LogP contribution in [0.2, 0.25) is 0 Å². The number of nitrogen functional groups attached to an aromatic ring is 1. The molecular formula is C13H17F3N2OS. The fourth-order valence-electron chi connectivity index (χ4n) is 2.22. The first kappa shape index (κ1) is 15.2. The lowest BCUT2D eigenvalue weighted by Gasteiger charge is -2.17. The van der Waals surface area contributed by atoms with Gasteiger partial charge in [-0.1, -0.05) is 0 Å². The zero-order valence-electron chi connectivity index (χ0n) is 11.3. The van der Waals surface area contributed by atoms with E-state index in [0.717, 1.165) is 29.7 Å². The van der Waals surface area contributed by atoms with Crippen LogP contribution in [0.4, 0.5) is 23.9 Å². The van der Waals surface area contributed by atoms with E-state index in [1.807, 2.05) is 0 Å². The van der Waals surface area contributed by atoms with E-state index in [2.05, 4.69) is 5.32 Å². The molecule has 1 aromatic rings. The first-order valence-electron chi connectivity index (χ1n) is 6.45. The Morgan fingerprint density at radius 1 is 1.50 bits per heavy atom. The lowest BCUT2D eigenvalue weighted by molar-refractivity contribution is -0.136. The number of hydrogen-bond donors (Lipinski definition) is 2. The molecule has 7 heteroatoms. The second-order valence-electron chi connectivity index (χ2n) is 5.28. The van der Waals surface area contributed by atoms with E-state index in [1.165, 1.54) is 13.8 Å². The van der Waals surface area contributed by atoms with Gasteiger partial charge in [-0.15, -0.1) is 11.3 Å². The molecule has 20 heavy (non-hydrogen) atoms. The minimum Gasteiger partial charge on any atom is -0.397 e. The van der Waals surface area contributed by atoms with Crippen LogP contribution in [0.15, 0.2) is 0 Å². The molecule has 0 aliphatic heterocycles. The van der Waals surface area contributed by atoms with Crippen molar-refractivity contribution >= 4 is 27.8 Å². The molecular weight excluding hydrogens is 289 g/mol. The number of ketones is 1. The van der Waals surface area contributed by atoms with E-state index in [9.17, 15) is 18.0 Å². The number of rotatable bonds is 5. The van der Waals surface area contributed by atoms with Crippen LogP contribution < -0.4 is 11.1 Å². The summed E-state index contributed by atoms with van der Waals surface area (Å²) in [6.07, 6.45) is -3.18. The van der Waals surface area contributed by atoms with Gasteiger partial charge in [-0.2, -0.15) is 13.2 Å². The van der Waals surface area contributed by atoms with Crippen molar-refractivity contribution in [1.29, 1.82) is 0 Å². The minimum absolute atomic E-state index is 0.147. The Morgan fingerprint density at radius 2 is 2.10 bits per heavy atom.